The van der Waals surface area contributed by atoms with Gasteiger partial charge >= 0.3 is 0 Å². The summed E-state index contributed by atoms with van der Waals surface area (Å²) in [6.45, 7) is 1.95. The molecule has 0 N–H and O–H groups in total. The van der Waals surface area contributed by atoms with Gasteiger partial charge in [0.1, 0.15) is 0 Å². The molecule has 0 amide bonds. The summed E-state index contributed by atoms with van der Waals surface area (Å²) in [6.07, 6.45) is 1.16. The molecule has 5 nitrogen and oxygen atoms in total. The summed E-state index contributed by atoms with van der Waals surface area (Å²) in [5, 5.41) is 1.02. The minimum atomic E-state index is 0.536. The third-order valence-corrected chi connectivity index (χ3v) is 3.79. The maximum Gasteiger partial charge on any atom is 0.231 e. The highest BCUT2D eigenvalue weighted by Crippen LogP contribution is 2.25. The number of hydrogen-bond acceptors (Lipinski definition) is 5. The van der Waals surface area contributed by atoms with Crippen molar-refractivity contribution in [1.29, 1.82) is 0 Å². The van der Waals surface area contributed by atoms with Gasteiger partial charge in [0.05, 0.1) is 20.3 Å². The number of alkyl halides is 1. The fourth-order valence-corrected chi connectivity index (χ4v) is 2.41. The number of hydrogen-bond donors (Lipinski definition) is 0. The SMILES string of the molecule is COc1cc(OC)nc(N2CCC(CBr)C2)n1. The van der Waals surface area contributed by atoms with Crippen molar-refractivity contribution in [2.45, 2.75) is 6.42 Å². The molecule has 1 aromatic heterocycles. The van der Waals surface area contributed by atoms with E-state index in [-0.39, 0.29) is 0 Å². The normalized spacial score (nSPS) is 19.5. The molecule has 1 aliphatic heterocycles. The fraction of sp³-hybridized carbons (Fsp3) is 0.636. The van der Waals surface area contributed by atoms with E-state index in [9.17, 15) is 0 Å². The van der Waals surface area contributed by atoms with E-state index in [1.807, 2.05) is 0 Å². The number of anilines is 1. The fourth-order valence-electron chi connectivity index (χ4n) is 1.88. The number of methoxy groups -OCH3 is 2. The van der Waals surface area contributed by atoms with E-state index in [1.54, 1.807) is 20.3 Å². The summed E-state index contributed by atoms with van der Waals surface area (Å²) < 4.78 is 10.3. The predicted octanol–water partition coefficient (Wildman–Crippen LogP) is 1.72. The second-order valence-electron chi connectivity index (χ2n) is 4.01. The molecule has 1 fully saturated rings. The van der Waals surface area contributed by atoms with Crippen LogP contribution in [0.2, 0.25) is 0 Å². The van der Waals surface area contributed by atoms with Crippen molar-refractivity contribution in [2.24, 2.45) is 5.92 Å². The predicted molar refractivity (Wildman–Crippen MR) is 69.3 cm³/mol. The Morgan fingerprint density at radius 1 is 1.35 bits per heavy atom. The van der Waals surface area contributed by atoms with Gasteiger partial charge in [-0.2, -0.15) is 9.97 Å². The van der Waals surface area contributed by atoms with Gasteiger partial charge in [-0.1, -0.05) is 15.9 Å². The molecule has 17 heavy (non-hydrogen) atoms. The van der Waals surface area contributed by atoms with Gasteiger partial charge in [-0.25, -0.2) is 0 Å². The lowest BCUT2D eigenvalue weighted by Gasteiger charge is -2.17. The summed E-state index contributed by atoms with van der Waals surface area (Å²) in [5.41, 5.74) is 0. The Morgan fingerprint density at radius 3 is 2.47 bits per heavy atom. The van der Waals surface area contributed by atoms with E-state index in [2.05, 4.69) is 30.8 Å². The molecule has 1 atom stereocenters. The van der Waals surface area contributed by atoms with E-state index in [4.69, 9.17) is 9.47 Å². The van der Waals surface area contributed by atoms with E-state index < -0.39 is 0 Å². The van der Waals surface area contributed by atoms with Gasteiger partial charge in [0, 0.05) is 18.4 Å². The zero-order valence-electron chi connectivity index (χ0n) is 10.0. The molecule has 2 rings (SSSR count). The van der Waals surface area contributed by atoms with Crippen molar-refractivity contribution >= 4 is 21.9 Å². The van der Waals surface area contributed by atoms with Crippen molar-refractivity contribution < 1.29 is 9.47 Å². The Kier molecular flexibility index (Phi) is 4.04. The monoisotopic (exact) mass is 301 g/mol. The summed E-state index contributed by atoms with van der Waals surface area (Å²) in [7, 11) is 3.19. The van der Waals surface area contributed by atoms with Crippen LogP contribution in [0, 0.1) is 5.92 Å². The van der Waals surface area contributed by atoms with E-state index >= 15 is 0 Å². The van der Waals surface area contributed by atoms with Crippen LogP contribution in [0.15, 0.2) is 6.07 Å². The molecule has 94 valence electrons. The molecule has 0 aliphatic carbocycles. The first-order valence-corrected chi connectivity index (χ1v) is 6.67. The van der Waals surface area contributed by atoms with E-state index in [0.29, 0.717) is 23.6 Å². The third-order valence-electron chi connectivity index (χ3n) is 2.87. The van der Waals surface area contributed by atoms with E-state index in [1.165, 1.54) is 0 Å². The largest absolute Gasteiger partial charge is 0.481 e. The Morgan fingerprint density at radius 2 is 2.00 bits per heavy atom. The highest BCUT2D eigenvalue weighted by Gasteiger charge is 2.24. The van der Waals surface area contributed by atoms with Crippen LogP contribution in [0.4, 0.5) is 5.95 Å². The van der Waals surface area contributed by atoms with Crippen molar-refractivity contribution in [3.8, 4) is 11.8 Å². The molecular formula is C11H16BrN3O2. The minimum absolute atomic E-state index is 0.536. The summed E-state index contributed by atoms with van der Waals surface area (Å²) in [5.74, 6) is 2.42. The second-order valence-corrected chi connectivity index (χ2v) is 4.66. The number of ether oxygens (including phenoxy) is 2. The number of nitrogens with zero attached hydrogens (tertiary/aromatic N) is 3. The Labute approximate surface area is 109 Å². The van der Waals surface area contributed by atoms with E-state index in [0.717, 1.165) is 24.8 Å². The first kappa shape index (κ1) is 12.4. The van der Waals surface area contributed by atoms with Crippen molar-refractivity contribution in [1.82, 2.24) is 9.97 Å². The van der Waals surface area contributed by atoms with Gasteiger partial charge in [0.15, 0.2) is 0 Å². The molecule has 1 aromatic rings. The van der Waals surface area contributed by atoms with Gasteiger partial charge in [0.2, 0.25) is 17.7 Å². The smallest absolute Gasteiger partial charge is 0.231 e. The zero-order valence-corrected chi connectivity index (χ0v) is 11.6. The van der Waals surface area contributed by atoms with Crippen LogP contribution in [0.1, 0.15) is 6.42 Å². The van der Waals surface area contributed by atoms with Gasteiger partial charge < -0.3 is 14.4 Å². The first-order valence-electron chi connectivity index (χ1n) is 5.54. The van der Waals surface area contributed by atoms with Gasteiger partial charge in [-0.3, -0.25) is 0 Å². The van der Waals surface area contributed by atoms with Crippen LogP contribution in [0.25, 0.3) is 0 Å². The van der Waals surface area contributed by atoms with Crippen LogP contribution in [-0.4, -0.2) is 42.6 Å². The Hall–Kier alpha value is -1.04. The molecule has 1 saturated heterocycles. The summed E-state index contributed by atoms with van der Waals surface area (Å²) >= 11 is 3.52. The molecule has 0 spiro atoms. The molecule has 2 heterocycles. The van der Waals surface area contributed by atoms with Gasteiger partial charge in [-0.05, 0) is 12.3 Å². The molecular weight excluding hydrogens is 286 g/mol. The topological polar surface area (TPSA) is 47.5 Å². The number of aromatic nitrogens is 2. The highest BCUT2D eigenvalue weighted by molar-refractivity contribution is 9.09. The van der Waals surface area contributed by atoms with Crippen LogP contribution in [-0.2, 0) is 0 Å². The molecule has 1 unspecified atom stereocenters. The average Bonchev–Trinajstić information content (AvgIpc) is 2.86. The lowest BCUT2D eigenvalue weighted by Crippen LogP contribution is -2.22. The second kappa shape index (κ2) is 5.53. The summed E-state index contributed by atoms with van der Waals surface area (Å²) in [6, 6.07) is 1.68. The third kappa shape index (κ3) is 2.80. The van der Waals surface area contributed by atoms with Crippen LogP contribution in [0.5, 0.6) is 11.8 Å². The Bertz CT molecular complexity index is 367. The molecule has 0 saturated carbocycles. The van der Waals surface area contributed by atoms with Crippen LogP contribution >= 0.6 is 15.9 Å². The molecule has 0 aromatic carbocycles. The summed E-state index contributed by atoms with van der Waals surface area (Å²) in [4.78, 5) is 10.9. The zero-order chi connectivity index (χ0) is 12.3. The number of halogens is 1. The van der Waals surface area contributed by atoms with Crippen molar-refractivity contribution in [2.75, 3.05) is 37.5 Å². The molecule has 0 radical (unpaired) electrons. The first-order chi connectivity index (χ1) is 8.26. The van der Waals surface area contributed by atoms with Gasteiger partial charge in [0.25, 0.3) is 0 Å². The maximum atomic E-state index is 5.14. The molecule has 6 heteroatoms. The lowest BCUT2D eigenvalue weighted by molar-refractivity contribution is 0.372. The lowest BCUT2D eigenvalue weighted by atomic mass is 10.2. The molecule has 0 bridgehead atoms. The Balaban J connectivity index is 2.20. The highest BCUT2D eigenvalue weighted by atomic mass is 79.9. The van der Waals surface area contributed by atoms with Crippen LogP contribution < -0.4 is 14.4 Å². The molecule has 1 aliphatic rings. The standard InChI is InChI=1S/C11H16BrN3O2/c1-16-9-5-10(17-2)14-11(13-9)15-4-3-8(6-12)7-15/h5,8H,3-4,6-7H2,1-2H3. The maximum absolute atomic E-state index is 5.14. The average molecular weight is 302 g/mol. The van der Waals surface area contributed by atoms with Gasteiger partial charge in [-0.15, -0.1) is 0 Å². The van der Waals surface area contributed by atoms with Crippen molar-refractivity contribution in [3.63, 3.8) is 0 Å². The van der Waals surface area contributed by atoms with Crippen molar-refractivity contribution in [3.05, 3.63) is 6.07 Å². The van der Waals surface area contributed by atoms with Crippen LogP contribution in [0.3, 0.4) is 0 Å². The number of rotatable bonds is 4. The quantitative estimate of drug-likeness (QED) is 0.793. The minimum Gasteiger partial charge on any atom is -0.481 e.